The van der Waals surface area contributed by atoms with Crippen LogP contribution < -0.4 is 0 Å². The van der Waals surface area contributed by atoms with Crippen LogP contribution in [0, 0.1) is 4.91 Å². The molecule has 1 aliphatic rings. The molecule has 0 aromatic heterocycles. The lowest BCUT2D eigenvalue weighted by Gasteiger charge is -2.42. The highest BCUT2D eigenvalue weighted by Crippen LogP contribution is 2.22. The first-order valence-corrected chi connectivity index (χ1v) is 6.18. The third kappa shape index (κ3) is 2.21. The normalized spacial score (nSPS) is 23.5. The van der Waals surface area contributed by atoms with Crippen LogP contribution in [0.25, 0.3) is 0 Å². The van der Waals surface area contributed by atoms with E-state index in [0.717, 1.165) is 0 Å². The average molecular weight is 221 g/mol. The summed E-state index contributed by atoms with van der Waals surface area (Å²) in [5, 5.41) is 4.26. The maximum absolute atomic E-state index is 11.3. The minimum Gasteiger partial charge on any atom is -0.253 e. The van der Waals surface area contributed by atoms with E-state index in [2.05, 4.69) is 5.29 Å². The van der Waals surface area contributed by atoms with Crippen molar-refractivity contribution in [3.8, 4) is 0 Å². The molecule has 1 heterocycles. The summed E-state index contributed by atoms with van der Waals surface area (Å²) >= 11 is 0. The maximum Gasteiger partial charge on any atom is 0.211 e. The first-order chi connectivity index (χ1) is 6.27. The van der Waals surface area contributed by atoms with Crippen LogP contribution in [0.15, 0.2) is 5.29 Å². The maximum atomic E-state index is 11.3. The van der Waals surface area contributed by atoms with Crippen LogP contribution in [0.3, 0.4) is 0 Å². The quantitative estimate of drug-likeness (QED) is 0.616. The smallest absolute Gasteiger partial charge is 0.211 e. The molecule has 6 nitrogen and oxygen atoms in total. The topological polar surface area (TPSA) is 70.1 Å². The Bertz CT molecular complexity index is 325. The lowest BCUT2D eigenvalue weighted by atomic mass is 10.0. The van der Waals surface area contributed by atoms with Gasteiger partial charge in [-0.25, -0.2) is 8.42 Å². The zero-order valence-corrected chi connectivity index (χ0v) is 9.41. The largest absolute Gasteiger partial charge is 0.253 e. The first-order valence-electron chi connectivity index (χ1n) is 4.33. The fourth-order valence-corrected chi connectivity index (χ4v) is 2.50. The molecule has 1 saturated heterocycles. The van der Waals surface area contributed by atoms with Crippen molar-refractivity contribution in [1.29, 1.82) is 0 Å². The Kier molecular flexibility index (Phi) is 2.82. The monoisotopic (exact) mass is 221 g/mol. The molecule has 0 bridgehead atoms. The predicted molar refractivity (Wildman–Crippen MR) is 53.0 cm³/mol. The summed E-state index contributed by atoms with van der Waals surface area (Å²) in [6.07, 6.45) is 1.17. The minimum atomic E-state index is -3.17. The molecule has 0 atom stereocenters. The van der Waals surface area contributed by atoms with Crippen LogP contribution >= 0.6 is 0 Å². The number of sulfonamides is 1. The Balaban J connectivity index is 2.82. The summed E-state index contributed by atoms with van der Waals surface area (Å²) < 4.78 is 23.9. The molecule has 0 aliphatic carbocycles. The Hall–Kier alpha value is -0.690. The second-order valence-electron chi connectivity index (χ2n) is 4.11. The van der Waals surface area contributed by atoms with Gasteiger partial charge < -0.3 is 0 Å². The third-order valence-electron chi connectivity index (χ3n) is 2.39. The van der Waals surface area contributed by atoms with Crippen LogP contribution in [0.5, 0.6) is 0 Å². The molecular weight excluding hydrogens is 206 g/mol. The predicted octanol–water partition coefficient (Wildman–Crippen LogP) is 0.0236. The molecular formula is C7H15N3O3S. The van der Waals surface area contributed by atoms with E-state index in [4.69, 9.17) is 0 Å². The van der Waals surface area contributed by atoms with Crippen molar-refractivity contribution < 1.29 is 8.42 Å². The Morgan fingerprint density at radius 2 is 1.86 bits per heavy atom. The van der Waals surface area contributed by atoms with Gasteiger partial charge in [-0.1, -0.05) is 0 Å². The van der Waals surface area contributed by atoms with Gasteiger partial charge in [0.2, 0.25) is 10.0 Å². The SMILES string of the molecule is CC1(C)CN(S(C)(=O)=O)CCN1N=O. The third-order valence-corrected chi connectivity index (χ3v) is 3.64. The van der Waals surface area contributed by atoms with Gasteiger partial charge in [0.15, 0.2) is 0 Å². The van der Waals surface area contributed by atoms with E-state index >= 15 is 0 Å². The number of piperazine rings is 1. The molecule has 82 valence electrons. The van der Waals surface area contributed by atoms with Gasteiger partial charge in [0, 0.05) is 13.1 Å². The second kappa shape index (κ2) is 3.47. The van der Waals surface area contributed by atoms with Gasteiger partial charge in [0.25, 0.3) is 0 Å². The van der Waals surface area contributed by atoms with Crippen LogP contribution in [0.2, 0.25) is 0 Å². The van der Waals surface area contributed by atoms with Gasteiger partial charge in [0.1, 0.15) is 0 Å². The van der Waals surface area contributed by atoms with Gasteiger partial charge in [-0.3, -0.25) is 5.01 Å². The summed E-state index contributed by atoms with van der Waals surface area (Å²) in [5.41, 5.74) is -0.525. The molecule has 0 radical (unpaired) electrons. The van der Waals surface area contributed by atoms with E-state index in [9.17, 15) is 13.3 Å². The summed E-state index contributed by atoms with van der Waals surface area (Å²) in [6.45, 7) is 4.58. The lowest BCUT2D eigenvalue weighted by Crippen LogP contribution is -2.58. The molecule has 0 aromatic carbocycles. The molecule has 1 fully saturated rings. The summed E-state index contributed by atoms with van der Waals surface area (Å²) in [5.74, 6) is 0. The number of hydrogen-bond donors (Lipinski definition) is 0. The van der Waals surface area contributed by atoms with Crippen molar-refractivity contribution in [2.24, 2.45) is 5.29 Å². The molecule has 0 saturated carbocycles. The molecule has 7 heteroatoms. The standard InChI is InChI=1S/C7H15N3O3S/c1-7(2)6-9(14(3,12)13)4-5-10(7)8-11/h4-6H2,1-3H3. The van der Waals surface area contributed by atoms with Crippen LogP contribution in [0.1, 0.15) is 13.8 Å². The molecule has 0 unspecified atom stereocenters. The van der Waals surface area contributed by atoms with Gasteiger partial charge >= 0.3 is 0 Å². The van der Waals surface area contributed by atoms with E-state index in [1.165, 1.54) is 15.6 Å². The highest BCUT2D eigenvalue weighted by Gasteiger charge is 2.37. The summed E-state index contributed by atoms with van der Waals surface area (Å²) in [6, 6.07) is 0. The lowest BCUT2D eigenvalue weighted by molar-refractivity contribution is 0.0557. The molecule has 1 aliphatic heterocycles. The molecule has 0 spiro atoms. The van der Waals surface area contributed by atoms with E-state index in [-0.39, 0.29) is 0 Å². The van der Waals surface area contributed by atoms with Crippen LogP contribution in [-0.2, 0) is 10.0 Å². The minimum absolute atomic E-state index is 0.303. The molecule has 0 aromatic rings. The highest BCUT2D eigenvalue weighted by atomic mass is 32.2. The van der Waals surface area contributed by atoms with Gasteiger partial charge in [-0.2, -0.15) is 4.31 Å². The Morgan fingerprint density at radius 1 is 1.29 bits per heavy atom. The van der Waals surface area contributed by atoms with Crippen LogP contribution in [0.4, 0.5) is 0 Å². The number of nitrogens with zero attached hydrogens (tertiary/aromatic N) is 3. The number of hydrogen-bond acceptors (Lipinski definition) is 4. The van der Waals surface area contributed by atoms with Crippen LogP contribution in [-0.4, -0.2) is 49.2 Å². The van der Waals surface area contributed by atoms with E-state index in [1.807, 2.05) is 0 Å². The average Bonchev–Trinajstić information content (AvgIpc) is 2.00. The van der Waals surface area contributed by atoms with Gasteiger partial charge in [0.05, 0.1) is 23.6 Å². The van der Waals surface area contributed by atoms with Crippen molar-refractivity contribution in [3.05, 3.63) is 4.91 Å². The van der Waals surface area contributed by atoms with Crippen molar-refractivity contribution in [2.45, 2.75) is 19.4 Å². The second-order valence-corrected chi connectivity index (χ2v) is 6.10. The number of rotatable bonds is 2. The summed E-state index contributed by atoms with van der Waals surface area (Å²) in [7, 11) is -3.17. The van der Waals surface area contributed by atoms with Crippen molar-refractivity contribution >= 4 is 10.0 Å². The van der Waals surface area contributed by atoms with E-state index in [0.29, 0.717) is 19.6 Å². The van der Waals surface area contributed by atoms with Gasteiger partial charge in [-0.05, 0) is 13.8 Å². The van der Waals surface area contributed by atoms with Crippen molar-refractivity contribution in [1.82, 2.24) is 9.31 Å². The summed E-state index contributed by atoms with van der Waals surface area (Å²) in [4.78, 5) is 10.4. The Morgan fingerprint density at radius 3 is 2.21 bits per heavy atom. The zero-order chi connectivity index (χ0) is 11.0. The Labute approximate surface area is 83.9 Å². The molecule has 0 amide bonds. The molecule has 14 heavy (non-hydrogen) atoms. The van der Waals surface area contributed by atoms with E-state index < -0.39 is 15.6 Å². The van der Waals surface area contributed by atoms with Crippen molar-refractivity contribution in [2.75, 3.05) is 25.9 Å². The van der Waals surface area contributed by atoms with E-state index in [1.54, 1.807) is 13.8 Å². The van der Waals surface area contributed by atoms with Gasteiger partial charge in [-0.15, -0.1) is 4.91 Å². The number of nitroso groups, excluding NO2 is 1. The zero-order valence-electron chi connectivity index (χ0n) is 8.60. The molecule has 0 N–H and O–H groups in total. The molecule has 1 rings (SSSR count). The van der Waals surface area contributed by atoms with Crippen molar-refractivity contribution in [3.63, 3.8) is 0 Å². The fourth-order valence-electron chi connectivity index (χ4n) is 1.54. The highest BCUT2D eigenvalue weighted by molar-refractivity contribution is 7.88. The first kappa shape index (κ1) is 11.4. The fraction of sp³-hybridized carbons (Fsp3) is 1.00.